The summed E-state index contributed by atoms with van der Waals surface area (Å²) in [5, 5.41) is 0. The summed E-state index contributed by atoms with van der Waals surface area (Å²) >= 11 is 0. The first-order valence-corrected chi connectivity index (χ1v) is 10.3. The lowest BCUT2D eigenvalue weighted by molar-refractivity contribution is -0.149. The molecule has 26 heavy (non-hydrogen) atoms. The third-order valence-corrected chi connectivity index (χ3v) is 7.09. The molecule has 1 amide bonds. The van der Waals surface area contributed by atoms with Gasteiger partial charge in [-0.1, -0.05) is 31.0 Å². The molecular weight excluding hydrogens is 356 g/mol. The molecule has 2 fully saturated rings. The van der Waals surface area contributed by atoms with E-state index in [0.717, 1.165) is 30.0 Å². The molecule has 1 aromatic carbocycles. The first-order chi connectivity index (χ1) is 12.4. The molecule has 2 aliphatic rings. The van der Waals surface area contributed by atoms with E-state index in [1.165, 1.54) is 19.2 Å². The van der Waals surface area contributed by atoms with Crippen LogP contribution in [0.25, 0.3) is 0 Å². The van der Waals surface area contributed by atoms with Crippen LogP contribution in [0.15, 0.2) is 35.2 Å². The number of rotatable bonds is 4. The lowest BCUT2D eigenvalue weighted by Crippen LogP contribution is -2.60. The number of benzene rings is 1. The summed E-state index contributed by atoms with van der Waals surface area (Å²) in [6.45, 7) is 0.401. The highest BCUT2D eigenvalue weighted by Crippen LogP contribution is 2.29. The van der Waals surface area contributed by atoms with E-state index in [2.05, 4.69) is 0 Å². The fourth-order valence-corrected chi connectivity index (χ4v) is 5.32. The zero-order valence-corrected chi connectivity index (χ0v) is 15.7. The molecule has 1 aliphatic heterocycles. The number of piperazine rings is 1. The molecule has 1 saturated heterocycles. The molecule has 0 N–H and O–H groups in total. The minimum Gasteiger partial charge on any atom is -0.468 e. The molecule has 0 aromatic heterocycles. The molecule has 1 saturated carbocycles. The minimum absolute atomic E-state index is 0.00872. The van der Waals surface area contributed by atoms with Crippen LogP contribution in [0.1, 0.15) is 25.7 Å². The molecule has 8 heteroatoms. The average Bonchev–Trinajstić information content (AvgIpc) is 3.21. The Kier molecular flexibility index (Phi) is 5.62. The SMILES string of the molecule is COC(=O)C1CN(C(=O)C2CCCC2)CCN1S(=O)(=O)c1ccccc1. The van der Waals surface area contributed by atoms with Gasteiger partial charge in [0, 0.05) is 25.6 Å². The van der Waals surface area contributed by atoms with Gasteiger partial charge in [0.05, 0.1) is 12.0 Å². The topological polar surface area (TPSA) is 84.0 Å². The fourth-order valence-electron chi connectivity index (χ4n) is 3.74. The maximum atomic E-state index is 13.0. The highest BCUT2D eigenvalue weighted by Gasteiger charge is 2.43. The van der Waals surface area contributed by atoms with Gasteiger partial charge in [-0.25, -0.2) is 8.42 Å². The predicted octanol–water partition coefficient (Wildman–Crippen LogP) is 1.25. The van der Waals surface area contributed by atoms with E-state index in [4.69, 9.17) is 4.74 Å². The van der Waals surface area contributed by atoms with E-state index < -0.39 is 22.0 Å². The third kappa shape index (κ3) is 3.61. The Balaban J connectivity index is 1.83. The molecule has 1 aliphatic carbocycles. The number of nitrogens with zero attached hydrogens (tertiary/aromatic N) is 2. The van der Waals surface area contributed by atoms with Gasteiger partial charge < -0.3 is 9.64 Å². The van der Waals surface area contributed by atoms with E-state index in [1.54, 1.807) is 23.1 Å². The maximum absolute atomic E-state index is 13.0. The highest BCUT2D eigenvalue weighted by atomic mass is 32.2. The largest absolute Gasteiger partial charge is 0.468 e. The maximum Gasteiger partial charge on any atom is 0.326 e. The summed E-state index contributed by atoms with van der Waals surface area (Å²) in [6.07, 6.45) is 3.81. The van der Waals surface area contributed by atoms with Crippen LogP contribution in [0.4, 0.5) is 0 Å². The number of carbonyl (C=O) groups excluding carboxylic acids is 2. The van der Waals surface area contributed by atoms with Gasteiger partial charge in [-0.2, -0.15) is 4.31 Å². The molecular formula is C18H24N2O5S. The van der Waals surface area contributed by atoms with Gasteiger partial charge >= 0.3 is 5.97 Å². The quantitative estimate of drug-likeness (QED) is 0.734. The Morgan fingerprint density at radius 2 is 1.73 bits per heavy atom. The van der Waals surface area contributed by atoms with Crippen LogP contribution in [0, 0.1) is 5.92 Å². The van der Waals surface area contributed by atoms with Crippen molar-refractivity contribution in [1.82, 2.24) is 9.21 Å². The van der Waals surface area contributed by atoms with Crippen LogP contribution in [-0.2, 0) is 24.3 Å². The molecule has 0 radical (unpaired) electrons. The predicted molar refractivity (Wildman–Crippen MR) is 94.7 cm³/mol. The van der Waals surface area contributed by atoms with Gasteiger partial charge in [-0.05, 0) is 25.0 Å². The number of methoxy groups -OCH3 is 1. The van der Waals surface area contributed by atoms with E-state index in [1.807, 2.05) is 0 Å². The Hall–Kier alpha value is -1.93. The Bertz CT molecular complexity index is 759. The van der Waals surface area contributed by atoms with Crippen molar-refractivity contribution in [3.05, 3.63) is 30.3 Å². The van der Waals surface area contributed by atoms with Gasteiger partial charge in [-0.3, -0.25) is 9.59 Å². The molecule has 0 bridgehead atoms. The number of hydrogen-bond donors (Lipinski definition) is 0. The lowest BCUT2D eigenvalue weighted by atomic mass is 10.1. The Morgan fingerprint density at radius 3 is 2.35 bits per heavy atom. The standard InChI is InChI=1S/C18H24N2O5S/c1-25-18(22)16-13-19(17(21)14-7-5-6-8-14)11-12-20(16)26(23,24)15-9-3-2-4-10-15/h2-4,9-10,14,16H,5-8,11-13H2,1H3. The van der Waals surface area contributed by atoms with Gasteiger partial charge in [0.1, 0.15) is 6.04 Å². The van der Waals surface area contributed by atoms with Crippen LogP contribution >= 0.6 is 0 Å². The van der Waals surface area contributed by atoms with Gasteiger partial charge in [0.25, 0.3) is 0 Å². The van der Waals surface area contributed by atoms with Gasteiger partial charge in [0.2, 0.25) is 15.9 Å². The minimum atomic E-state index is -3.84. The van der Waals surface area contributed by atoms with Crippen molar-refractivity contribution in [2.45, 2.75) is 36.6 Å². The summed E-state index contributed by atoms with van der Waals surface area (Å²) < 4.78 is 31.9. The van der Waals surface area contributed by atoms with Crippen molar-refractivity contribution < 1.29 is 22.7 Å². The smallest absolute Gasteiger partial charge is 0.326 e. The van der Waals surface area contributed by atoms with Crippen LogP contribution < -0.4 is 0 Å². The zero-order valence-electron chi connectivity index (χ0n) is 14.8. The third-order valence-electron chi connectivity index (χ3n) is 5.17. The number of ether oxygens (including phenoxy) is 1. The fraction of sp³-hybridized carbons (Fsp3) is 0.556. The summed E-state index contributed by atoms with van der Waals surface area (Å²) in [7, 11) is -2.61. The van der Waals surface area contributed by atoms with Gasteiger partial charge in [0.15, 0.2) is 0 Å². The number of hydrogen-bond acceptors (Lipinski definition) is 5. The molecule has 1 aromatic rings. The monoisotopic (exact) mass is 380 g/mol. The second-order valence-electron chi connectivity index (χ2n) is 6.73. The molecule has 1 unspecified atom stereocenters. The summed E-state index contributed by atoms with van der Waals surface area (Å²) in [4.78, 5) is 26.7. The Labute approximate surface area is 154 Å². The van der Waals surface area contributed by atoms with Crippen LogP contribution in [0.5, 0.6) is 0 Å². The van der Waals surface area contributed by atoms with Crippen LogP contribution in [0.2, 0.25) is 0 Å². The van der Waals surface area contributed by atoms with E-state index in [-0.39, 0.29) is 36.4 Å². The van der Waals surface area contributed by atoms with Crippen molar-refractivity contribution in [3.63, 3.8) is 0 Å². The molecule has 1 heterocycles. The van der Waals surface area contributed by atoms with Crippen molar-refractivity contribution in [3.8, 4) is 0 Å². The second kappa shape index (κ2) is 7.75. The molecule has 3 rings (SSSR count). The molecule has 0 spiro atoms. The van der Waals surface area contributed by atoms with E-state index in [0.29, 0.717) is 0 Å². The molecule has 7 nitrogen and oxygen atoms in total. The Morgan fingerprint density at radius 1 is 1.08 bits per heavy atom. The van der Waals surface area contributed by atoms with Crippen molar-refractivity contribution in [2.75, 3.05) is 26.7 Å². The molecule has 1 atom stereocenters. The van der Waals surface area contributed by atoms with E-state index >= 15 is 0 Å². The van der Waals surface area contributed by atoms with Crippen molar-refractivity contribution >= 4 is 21.9 Å². The van der Waals surface area contributed by atoms with Crippen LogP contribution in [0.3, 0.4) is 0 Å². The summed E-state index contributed by atoms with van der Waals surface area (Å²) in [5.74, 6) is -0.632. The highest BCUT2D eigenvalue weighted by molar-refractivity contribution is 7.89. The lowest BCUT2D eigenvalue weighted by Gasteiger charge is -2.39. The average molecular weight is 380 g/mol. The van der Waals surface area contributed by atoms with Crippen LogP contribution in [-0.4, -0.2) is 62.3 Å². The number of amides is 1. The first-order valence-electron chi connectivity index (χ1n) is 8.88. The van der Waals surface area contributed by atoms with Gasteiger partial charge in [-0.15, -0.1) is 0 Å². The molecule has 142 valence electrons. The summed E-state index contributed by atoms with van der Waals surface area (Å²) in [6, 6.07) is 6.98. The normalized spacial score (nSPS) is 22.3. The number of esters is 1. The zero-order chi connectivity index (χ0) is 18.7. The summed E-state index contributed by atoms with van der Waals surface area (Å²) in [5.41, 5.74) is 0. The van der Waals surface area contributed by atoms with E-state index in [9.17, 15) is 18.0 Å². The number of sulfonamides is 1. The second-order valence-corrected chi connectivity index (χ2v) is 8.62. The number of carbonyl (C=O) groups is 2. The van der Waals surface area contributed by atoms with Crippen molar-refractivity contribution in [2.24, 2.45) is 5.92 Å². The van der Waals surface area contributed by atoms with Crippen molar-refractivity contribution in [1.29, 1.82) is 0 Å². The first kappa shape index (κ1) is 18.8.